The molecule has 84 valence electrons. The Hall–Kier alpha value is -1.92. The molecule has 1 aliphatic rings. The van der Waals surface area contributed by atoms with Gasteiger partial charge in [0.05, 0.1) is 17.4 Å². The van der Waals surface area contributed by atoms with Crippen LogP contribution in [0.5, 0.6) is 0 Å². The van der Waals surface area contributed by atoms with E-state index in [0.29, 0.717) is 0 Å². The summed E-state index contributed by atoms with van der Waals surface area (Å²) < 4.78 is 0. The molecule has 0 amide bonds. The summed E-state index contributed by atoms with van der Waals surface area (Å²) in [5, 5.41) is 29.5. The van der Waals surface area contributed by atoms with E-state index in [9.17, 15) is 24.9 Å². The third-order valence-electron chi connectivity index (χ3n) is 2.40. The van der Waals surface area contributed by atoms with Crippen LogP contribution >= 0.6 is 0 Å². The van der Waals surface area contributed by atoms with E-state index in [1.165, 1.54) is 12.2 Å². The first kappa shape index (κ1) is 10.6. The van der Waals surface area contributed by atoms with Gasteiger partial charge in [0.25, 0.3) is 0 Å². The third-order valence-corrected chi connectivity index (χ3v) is 2.40. The number of H-pyrrole nitrogens is 1. The molecule has 6 heteroatoms. The van der Waals surface area contributed by atoms with E-state index in [4.69, 9.17) is 0 Å². The number of aromatic carboxylic acids is 1. The quantitative estimate of drug-likeness (QED) is 0.516. The normalized spacial score (nSPS) is 22.9. The number of aliphatic hydroxyl groups excluding tert-OH is 2. The molecule has 1 aliphatic carbocycles. The first-order valence-corrected chi connectivity index (χ1v) is 4.53. The lowest BCUT2D eigenvalue weighted by Crippen LogP contribution is -2.30. The maximum Gasteiger partial charge on any atom is 0.189 e. The number of carboxylic acids is 1. The van der Waals surface area contributed by atoms with Gasteiger partial charge in [-0.05, 0) is 0 Å². The summed E-state index contributed by atoms with van der Waals surface area (Å²) in [4.78, 5) is 24.4. The monoisotopic (exact) mass is 222 g/mol. The summed E-state index contributed by atoms with van der Waals surface area (Å²) in [6, 6.07) is 0.878. The fraction of sp³-hybridized carbons (Fsp3) is 0.200. The molecular formula is C10H8NO5-. The molecule has 2 unspecified atom stereocenters. The highest BCUT2D eigenvalue weighted by atomic mass is 16.4. The highest BCUT2D eigenvalue weighted by Gasteiger charge is 2.25. The van der Waals surface area contributed by atoms with Crippen LogP contribution in [0.4, 0.5) is 0 Å². The minimum atomic E-state index is -1.55. The van der Waals surface area contributed by atoms with Crippen molar-refractivity contribution in [1.82, 2.24) is 4.98 Å². The molecule has 0 aromatic carbocycles. The van der Waals surface area contributed by atoms with Crippen LogP contribution in [-0.2, 0) is 0 Å². The smallest absolute Gasteiger partial charge is 0.189 e. The van der Waals surface area contributed by atoms with Gasteiger partial charge in [0, 0.05) is 11.6 Å². The molecule has 0 spiro atoms. The topological polar surface area (TPSA) is 113 Å². The van der Waals surface area contributed by atoms with Crippen molar-refractivity contribution in [1.29, 1.82) is 0 Å². The maximum atomic E-state index is 11.5. The first-order valence-electron chi connectivity index (χ1n) is 4.53. The van der Waals surface area contributed by atoms with Crippen LogP contribution in [0.2, 0.25) is 0 Å². The van der Waals surface area contributed by atoms with Gasteiger partial charge in [-0.25, -0.2) is 0 Å². The van der Waals surface area contributed by atoms with Crippen LogP contribution in [0.1, 0.15) is 27.8 Å². The molecule has 6 nitrogen and oxygen atoms in total. The van der Waals surface area contributed by atoms with Crippen LogP contribution < -0.4 is 10.5 Å². The van der Waals surface area contributed by atoms with Crippen molar-refractivity contribution >= 4 is 12.0 Å². The highest BCUT2D eigenvalue weighted by Crippen LogP contribution is 2.24. The summed E-state index contributed by atoms with van der Waals surface area (Å²) >= 11 is 0. The van der Waals surface area contributed by atoms with Gasteiger partial charge < -0.3 is 25.1 Å². The van der Waals surface area contributed by atoms with Crippen LogP contribution in [0, 0.1) is 0 Å². The predicted octanol–water partition coefficient (Wildman–Crippen LogP) is -1.84. The fourth-order valence-electron chi connectivity index (χ4n) is 1.58. The minimum absolute atomic E-state index is 0.0123. The summed E-state index contributed by atoms with van der Waals surface area (Å²) in [5.74, 6) is -1.55. The number of carbonyl (C=O) groups is 1. The molecule has 0 fully saturated rings. The third kappa shape index (κ3) is 1.54. The maximum absolute atomic E-state index is 11.5. The van der Waals surface area contributed by atoms with Crippen molar-refractivity contribution in [3.63, 3.8) is 0 Å². The number of carbonyl (C=O) groups excluding carboxylic acids is 1. The zero-order valence-corrected chi connectivity index (χ0v) is 8.01. The average molecular weight is 222 g/mol. The van der Waals surface area contributed by atoms with Crippen molar-refractivity contribution < 1.29 is 20.1 Å². The molecule has 1 heterocycles. The number of aliphatic hydroxyl groups is 2. The number of hydrogen-bond donors (Lipinski definition) is 3. The van der Waals surface area contributed by atoms with Crippen molar-refractivity contribution in [2.75, 3.05) is 0 Å². The lowest BCUT2D eigenvalue weighted by Gasteiger charge is -2.21. The van der Waals surface area contributed by atoms with E-state index in [1.807, 2.05) is 0 Å². The van der Waals surface area contributed by atoms with Crippen molar-refractivity contribution in [3.8, 4) is 0 Å². The number of aromatic amines is 1. The van der Waals surface area contributed by atoms with E-state index < -0.39 is 29.3 Å². The Morgan fingerprint density at radius 2 is 2.12 bits per heavy atom. The lowest BCUT2D eigenvalue weighted by atomic mass is 9.97. The molecule has 3 N–H and O–H groups in total. The molecule has 2 rings (SSSR count). The number of nitrogens with one attached hydrogen (secondary N) is 1. The zero-order chi connectivity index (χ0) is 11.9. The zero-order valence-electron chi connectivity index (χ0n) is 8.01. The average Bonchev–Trinajstić information content (AvgIpc) is 2.23. The van der Waals surface area contributed by atoms with Gasteiger partial charge in [0.1, 0.15) is 12.2 Å². The van der Waals surface area contributed by atoms with Gasteiger partial charge in [0.2, 0.25) is 0 Å². The van der Waals surface area contributed by atoms with Crippen molar-refractivity contribution in [3.05, 3.63) is 39.3 Å². The Morgan fingerprint density at radius 1 is 1.44 bits per heavy atom. The molecule has 2 atom stereocenters. The van der Waals surface area contributed by atoms with E-state index in [1.54, 1.807) is 0 Å². The number of pyridine rings is 1. The van der Waals surface area contributed by atoms with Crippen molar-refractivity contribution in [2.24, 2.45) is 0 Å². The lowest BCUT2D eigenvalue weighted by molar-refractivity contribution is -0.255. The van der Waals surface area contributed by atoms with E-state index in [0.717, 1.165) is 6.07 Å². The van der Waals surface area contributed by atoms with Gasteiger partial charge in [0.15, 0.2) is 5.43 Å². The molecule has 1 aromatic heterocycles. The molecule has 0 saturated carbocycles. The summed E-state index contributed by atoms with van der Waals surface area (Å²) in [7, 11) is 0. The Bertz CT molecular complexity index is 531. The van der Waals surface area contributed by atoms with Crippen LogP contribution in [-0.4, -0.2) is 27.3 Å². The summed E-state index contributed by atoms with van der Waals surface area (Å²) in [6.45, 7) is 0. The van der Waals surface area contributed by atoms with Crippen LogP contribution in [0.15, 0.2) is 16.9 Å². The molecule has 0 aliphatic heterocycles. The Balaban J connectivity index is 2.67. The SMILES string of the molecule is O=C([O-])c1cc(=O)c2c([nH]1)C(O)C(O)C=C2. The summed E-state index contributed by atoms with van der Waals surface area (Å²) in [6.07, 6.45) is 0.0955. The van der Waals surface area contributed by atoms with Gasteiger partial charge in [-0.1, -0.05) is 12.2 Å². The molecule has 16 heavy (non-hydrogen) atoms. The highest BCUT2D eigenvalue weighted by molar-refractivity contribution is 5.83. The molecular weight excluding hydrogens is 214 g/mol. The molecule has 0 saturated heterocycles. The number of fused-ring (bicyclic) bond motifs is 1. The van der Waals surface area contributed by atoms with E-state index in [2.05, 4.69) is 4.98 Å². The van der Waals surface area contributed by atoms with Crippen LogP contribution in [0.3, 0.4) is 0 Å². The van der Waals surface area contributed by atoms with Crippen LogP contribution in [0.25, 0.3) is 6.08 Å². The van der Waals surface area contributed by atoms with Crippen molar-refractivity contribution in [2.45, 2.75) is 12.2 Å². The number of carboxylic acid groups (broad SMARTS) is 1. The Morgan fingerprint density at radius 3 is 2.75 bits per heavy atom. The second-order valence-corrected chi connectivity index (χ2v) is 3.46. The second kappa shape index (κ2) is 3.58. The van der Waals surface area contributed by atoms with Gasteiger partial charge in [-0.3, -0.25) is 4.79 Å². The molecule has 1 aromatic rings. The number of aromatic nitrogens is 1. The molecule has 0 radical (unpaired) electrons. The van der Waals surface area contributed by atoms with E-state index >= 15 is 0 Å². The second-order valence-electron chi connectivity index (χ2n) is 3.46. The Kier molecular flexibility index (Phi) is 2.37. The standard InChI is InChI=1S/C10H9NO5/c12-6-2-1-4-7(13)3-5(10(15)16)11-8(4)9(6)14/h1-3,6,9,12,14H,(H,11,13)(H,15,16)/p-1. The summed E-state index contributed by atoms with van der Waals surface area (Å²) in [5.41, 5.74) is -0.843. The number of rotatable bonds is 1. The molecule has 0 bridgehead atoms. The first-order chi connectivity index (χ1) is 7.50. The Labute approximate surface area is 89.5 Å². The van der Waals surface area contributed by atoms with Gasteiger partial charge in [-0.2, -0.15) is 0 Å². The largest absolute Gasteiger partial charge is 0.543 e. The van der Waals surface area contributed by atoms with Gasteiger partial charge in [-0.15, -0.1) is 0 Å². The van der Waals surface area contributed by atoms with Gasteiger partial charge >= 0.3 is 0 Å². The number of hydrogen-bond acceptors (Lipinski definition) is 5. The minimum Gasteiger partial charge on any atom is -0.543 e. The fourth-order valence-corrected chi connectivity index (χ4v) is 1.58. The predicted molar refractivity (Wildman–Crippen MR) is 51.4 cm³/mol. The van der Waals surface area contributed by atoms with E-state index in [-0.39, 0.29) is 11.3 Å².